The highest BCUT2D eigenvalue weighted by molar-refractivity contribution is 7.99. The van der Waals surface area contributed by atoms with Crippen LogP contribution in [0.1, 0.15) is 51.1 Å². The second kappa shape index (κ2) is 7.23. The van der Waals surface area contributed by atoms with Gasteiger partial charge in [0.15, 0.2) is 11.0 Å². The van der Waals surface area contributed by atoms with Gasteiger partial charge in [-0.1, -0.05) is 37.7 Å². The molecule has 0 bridgehead atoms. The van der Waals surface area contributed by atoms with E-state index in [-0.39, 0.29) is 10.7 Å². The third kappa shape index (κ3) is 4.30. The fourth-order valence-electron chi connectivity index (χ4n) is 1.78. The van der Waals surface area contributed by atoms with Gasteiger partial charge in [0.25, 0.3) is 0 Å². The maximum absolute atomic E-state index is 5.38. The van der Waals surface area contributed by atoms with Gasteiger partial charge in [-0.2, -0.15) is 4.98 Å². The molecule has 2 aromatic rings. The molecule has 0 amide bonds. The molecule has 0 N–H and O–H groups in total. The van der Waals surface area contributed by atoms with Crippen molar-refractivity contribution in [3.05, 3.63) is 18.0 Å². The van der Waals surface area contributed by atoms with Crippen molar-refractivity contribution in [3.8, 4) is 0 Å². The molecule has 8 heteroatoms. The van der Waals surface area contributed by atoms with Gasteiger partial charge < -0.3 is 13.8 Å². The standard InChI is InChI=1S/C14H23N5O2S/c1-10(11-16-12(18-21-11)14(2,3)4)22-13-17-15-9-19(13)7-6-8-20-5/h9-10H,6-8H2,1-5H3. The molecule has 0 radical (unpaired) electrons. The Morgan fingerprint density at radius 3 is 2.82 bits per heavy atom. The van der Waals surface area contributed by atoms with Crippen molar-refractivity contribution >= 4 is 11.8 Å². The van der Waals surface area contributed by atoms with Gasteiger partial charge in [0.05, 0.1) is 5.25 Å². The quantitative estimate of drug-likeness (QED) is 0.572. The first-order valence-corrected chi connectivity index (χ1v) is 8.17. The van der Waals surface area contributed by atoms with E-state index in [1.54, 1.807) is 25.2 Å². The number of rotatable bonds is 7. The minimum Gasteiger partial charge on any atom is -0.385 e. The zero-order valence-corrected chi connectivity index (χ0v) is 14.6. The van der Waals surface area contributed by atoms with Crippen LogP contribution >= 0.6 is 11.8 Å². The molecule has 0 aliphatic heterocycles. The lowest BCUT2D eigenvalue weighted by Gasteiger charge is -2.11. The highest BCUT2D eigenvalue weighted by Gasteiger charge is 2.24. The molecule has 22 heavy (non-hydrogen) atoms. The number of methoxy groups -OCH3 is 1. The van der Waals surface area contributed by atoms with Gasteiger partial charge in [0.1, 0.15) is 6.33 Å². The largest absolute Gasteiger partial charge is 0.385 e. The average molecular weight is 325 g/mol. The molecule has 1 unspecified atom stereocenters. The lowest BCUT2D eigenvalue weighted by Crippen LogP contribution is -2.13. The van der Waals surface area contributed by atoms with Crippen molar-refractivity contribution in [1.29, 1.82) is 0 Å². The minimum atomic E-state index is -0.119. The van der Waals surface area contributed by atoms with E-state index in [4.69, 9.17) is 9.26 Å². The molecule has 7 nitrogen and oxygen atoms in total. The second-order valence-electron chi connectivity index (χ2n) is 6.12. The van der Waals surface area contributed by atoms with E-state index in [2.05, 4.69) is 41.1 Å². The van der Waals surface area contributed by atoms with Crippen molar-refractivity contribution in [2.75, 3.05) is 13.7 Å². The SMILES string of the molecule is COCCCn1cnnc1SC(C)c1nc(C(C)(C)C)no1. The van der Waals surface area contributed by atoms with E-state index in [0.717, 1.165) is 30.6 Å². The smallest absolute Gasteiger partial charge is 0.239 e. The van der Waals surface area contributed by atoms with Crippen molar-refractivity contribution in [2.24, 2.45) is 0 Å². The van der Waals surface area contributed by atoms with Crippen LogP contribution in [-0.4, -0.2) is 38.6 Å². The normalized spacial score (nSPS) is 13.5. The summed E-state index contributed by atoms with van der Waals surface area (Å²) < 4.78 is 12.5. The highest BCUT2D eigenvalue weighted by atomic mass is 32.2. The van der Waals surface area contributed by atoms with Gasteiger partial charge >= 0.3 is 0 Å². The van der Waals surface area contributed by atoms with E-state index in [1.165, 1.54) is 0 Å². The number of hydrogen-bond acceptors (Lipinski definition) is 7. The molecule has 0 saturated heterocycles. The Balaban J connectivity index is 2.01. The fraction of sp³-hybridized carbons (Fsp3) is 0.714. The van der Waals surface area contributed by atoms with Crippen LogP contribution in [0.5, 0.6) is 0 Å². The van der Waals surface area contributed by atoms with Gasteiger partial charge in [-0.25, -0.2) is 0 Å². The van der Waals surface area contributed by atoms with Crippen LogP contribution in [0.4, 0.5) is 0 Å². The summed E-state index contributed by atoms with van der Waals surface area (Å²) in [4.78, 5) is 4.49. The topological polar surface area (TPSA) is 78.9 Å². The molecular formula is C14H23N5O2S. The van der Waals surface area contributed by atoms with Crippen LogP contribution in [0.2, 0.25) is 0 Å². The van der Waals surface area contributed by atoms with Crippen LogP contribution in [0.15, 0.2) is 16.0 Å². The van der Waals surface area contributed by atoms with Crippen LogP contribution in [0.25, 0.3) is 0 Å². The molecule has 0 aliphatic rings. The maximum atomic E-state index is 5.38. The second-order valence-corrected chi connectivity index (χ2v) is 7.43. The van der Waals surface area contributed by atoms with Crippen LogP contribution < -0.4 is 0 Å². The Morgan fingerprint density at radius 1 is 1.41 bits per heavy atom. The van der Waals surface area contributed by atoms with E-state index in [0.29, 0.717) is 5.89 Å². The predicted molar refractivity (Wildman–Crippen MR) is 83.8 cm³/mol. The molecule has 0 aliphatic carbocycles. The van der Waals surface area contributed by atoms with Crippen LogP contribution in [-0.2, 0) is 16.7 Å². The monoisotopic (exact) mass is 325 g/mol. The summed E-state index contributed by atoms with van der Waals surface area (Å²) in [6, 6.07) is 0. The Hall–Kier alpha value is -1.41. The van der Waals surface area contributed by atoms with E-state index in [1.807, 2.05) is 11.5 Å². The van der Waals surface area contributed by atoms with E-state index in [9.17, 15) is 0 Å². The minimum absolute atomic E-state index is 0.0222. The van der Waals surface area contributed by atoms with Gasteiger partial charge in [-0.05, 0) is 13.3 Å². The van der Waals surface area contributed by atoms with Crippen LogP contribution in [0, 0.1) is 0 Å². The molecule has 2 aromatic heterocycles. The first-order chi connectivity index (χ1) is 10.4. The summed E-state index contributed by atoms with van der Waals surface area (Å²) in [5.74, 6) is 1.33. The molecule has 0 fully saturated rings. The number of thioether (sulfide) groups is 1. The molecule has 0 spiro atoms. The third-order valence-electron chi connectivity index (χ3n) is 3.07. The molecule has 2 heterocycles. The highest BCUT2D eigenvalue weighted by Crippen LogP contribution is 2.33. The molecule has 0 saturated carbocycles. The Labute approximate surface area is 134 Å². The summed E-state index contributed by atoms with van der Waals surface area (Å²) in [5, 5.41) is 13.1. The first-order valence-electron chi connectivity index (χ1n) is 7.29. The average Bonchev–Trinajstić information content (AvgIpc) is 3.08. The van der Waals surface area contributed by atoms with E-state index >= 15 is 0 Å². The zero-order chi connectivity index (χ0) is 16.2. The number of hydrogen-bond donors (Lipinski definition) is 0. The maximum Gasteiger partial charge on any atom is 0.239 e. The summed E-state index contributed by atoms with van der Waals surface area (Å²) in [5.41, 5.74) is -0.119. The number of aromatic nitrogens is 5. The molecule has 1 atom stereocenters. The summed E-state index contributed by atoms with van der Waals surface area (Å²) in [6.07, 6.45) is 2.66. The summed E-state index contributed by atoms with van der Waals surface area (Å²) in [6.45, 7) is 9.76. The lowest BCUT2D eigenvalue weighted by molar-refractivity contribution is 0.189. The third-order valence-corrected chi connectivity index (χ3v) is 4.15. The first kappa shape index (κ1) is 17.0. The summed E-state index contributed by atoms with van der Waals surface area (Å²) in [7, 11) is 1.70. The number of ether oxygens (including phenoxy) is 1. The van der Waals surface area contributed by atoms with Crippen molar-refractivity contribution in [3.63, 3.8) is 0 Å². The van der Waals surface area contributed by atoms with Crippen molar-refractivity contribution < 1.29 is 9.26 Å². The molecule has 0 aromatic carbocycles. The number of nitrogens with zero attached hydrogens (tertiary/aromatic N) is 5. The van der Waals surface area contributed by atoms with Gasteiger partial charge in [0, 0.05) is 25.7 Å². The van der Waals surface area contributed by atoms with Gasteiger partial charge in [-0.3, -0.25) is 0 Å². The molecular weight excluding hydrogens is 302 g/mol. The summed E-state index contributed by atoms with van der Waals surface area (Å²) >= 11 is 1.56. The molecule has 2 rings (SSSR count). The Morgan fingerprint density at radius 2 is 2.18 bits per heavy atom. The number of aryl methyl sites for hydroxylation is 1. The zero-order valence-electron chi connectivity index (χ0n) is 13.7. The van der Waals surface area contributed by atoms with Gasteiger partial charge in [0.2, 0.25) is 5.89 Å². The van der Waals surface area contributed by atoms with E-state index < -0.39 is 0 Å². The Bertz CT molecular complexity index is 590. The predicted octanol–water partition coefficient (Wildman–Crippen LogP) is 2.85. The molecule has 122 valence electrons. The fourth-order valence-corrected chi connectivity index (χ4v) is 2.66. The van der Waals surface area contributed by atoms with Crippen molar-refractivity contribution in [1.82, 2.24) is 24.9 Å². The Kier molecular flexibility index (Phi) is 5.57. The van der Waals surface area contributed by atoms with Gasteiger partial charge in [-0.15, -0.1) is 10.2 Å². The van der Waals surface area contributed by atoms with Crippen LogP contribution in [0.3, 0.4) is 0 Å². The van der Waals surface area contributed by atoms with Crippen molar-refractivity contribution in [2.45, 2.75) is 56.5 Å². The lowest BCUT2D eigenvalue weighted by atomic mass is 9.96.